The lowest BCUT2D eigenvalue weighted by molar-refractivity contribution is 0.597. The van der Waals surface area contributed by atoms with Crippen LogP contribution in [0.3, 0.4) is 0 Å². The molecule has 1 atom stereocenters. The Morgan fingerprint density at radius 1 is 1.33 bits per heavy atom. The summed E-state index contributed by atoms with van der Waals surface area (Å²) >= 11 is 0. The number of imidazole rings is 1. The molecule has 2 aliphatic carbocycles. The van der Waals surface area contributed by atoms with Crippen LogP contribution in [-0.2, 0) is 6.54 Å². The van der Waals surface area contributed by atoms with Crippen molar-refractivity contribution in [1.82, 2.24) is 14.7 Å². The third-order valence-corrected chi connectivity index (χ3v) is 4.99. The molecule has 1 unspecified atom stereocenters. The number of hydrogen-bond acceptors (Lipinski definition) is 3. The fourth-order valence-corrected chi connectivity index (χ4v) is 3.10. The van der Waals surface area contributed by atoms with E-state index in [2.05, 4.69) is 53.0 Å². The van der Waals surface area contributed by atoms with Gasteiger partial charge in [0.2, 0.25) is 0 Å². The third kappa shape index (κ3) is 2.53. The van der Waals surface area contributed by atoms with Crippen LogP contribution in [0.15, 0.2) is 24.4 Å². The fourth-order valence-electron chi connectivity index (χ4n) is 3.10. The molecule has 0 aliphatic heterocycles. The summed E-state index contributed by atoms with van der Waals surface area (Å²) in [5, 5.41) is 3.64. The van der Waals surface area contributed by atoms with Crippen molar-refractivity contribution in [1.29, 1.82) is 0 Å². The van der Waals surface area contributed by atoms with Crippen LogP contribution in [0, 0.1) is 5.92 Å². The van der Waals surface area contributed by atoms with Crippen LogP contribution < -0.4 is 10.2 Å². The fraction of sp³-hybridized carbons (Fsp3) is 0.588. The molecular formula is C17H24N4. The van der Waals surface area contributed by atoms with Crippen LogP contribution in [0.2, 0.25) is 0 Å². The summed E-state index contributed by atoms with van der Waals surface area (Å²) in [6, 6.07) is 7.55. The first-order chi connectivity index (χ1) is 10.2. The zero-order chi connectivity index (χ0) is 14.4. The summed E-state index contributed by atoms with van der Waals surface area (Å²) in [5.74, 6) is 2.00. The van der Waals surface area contributed by atoms with E-state index in [1.54, 1.807) is 0 Å². The SMILES string of the molecule is CC(C1CC1)N(C)c1nc2ccccn2c1CNC1CC1. The Kier molecular flexibility index (Phi) is 3.14. The van der Waals surface area contributed by atoms with Gasteiger partial charge in [0.1, 0.15) is 5.65 Å². The summed E-state index contributed by atoms with van der Waals surface area (Å²) in [6.45, 7) is 3.24. The van der Waals surface area contributed by atoms with Gasteiger partial charge in [0.05, 0.1) is 5.69 Å². The monoisotopic (exact) mass is 284 g/mol. The van der Waals surface area contributed by atoms with Crippen LogP contribution >= 0.6 is 0 Å². The Bertz CT molecular complexity index is 639. The van der Waals surface area contributed by atoms with Gasteiger partial charge in [0.25, 0.3) is 0 Å². The number of nitrogens with zero attached hydrogens (tertiary/aromatic N) is 3. The van der Waals surface area contributed by atoms with Crippen molar-refractivity contribution in [2.45, 2.75) is 51.2 Å². The molecule has 2 heterocycles. The Balaban J connectivity index is 1.68. The second kappa shape index (κ2) is 5.02. The number of aromatic nitrogens is 2. The normalized spacial score (nSPS) is 19.9. The Labute approximate surface area is 126 Å². The van der Waals surface area contributed by atoms with E-state index < -0.39 is 0 Å². The maximum absolute atomic E-state index is 4.89. The molecule has 0 aromatic carbocycles. The molecule has 0 saturated heterocycles. The first kappa shape index (κ1) is 13.1. The van der Waals surface area contributed by atoms with Gasteiger partial charge in [-0.1, -0.05) is 6.07 Å². The van der Waals surface area contributed by atoms with E-state index in [4.69, 9.17) is 4.98 Å². The van der Waals surface area contributed by atoms with Crippen LogP contribution in [0.1, 0.15) is 38.3 Å². The highest BCUT2D eigenvalue weighted by Gasteiger charge is 2.32. The van der Waals surface area contributed by atoms with Crippen molar-refractivity contribution in [3.8, 4) is 0 Å². The molecule has 0 amide bonds. The van der Waals surface area contributed by atoms with E-state index in [0.29, 0.717) is 6.04 Å². The number of nitrogens with one attached hydrogen (secondary N) is 1. The van der Waals surface area contributed by atoms with Gasteiger partial charge in [-0.3, -0.25) is 0 Å². The zero-order valence-corrected chi connectivity index (χ0v) is 12.9. The largest absolute Gasteiger partial charge is 0.355 e. The predicted octanol–water partition coefficient (Wildman–Crippen LogP) is 2.82. The molecule has 4 rings (SSSR count). The molecule has 1 N–H and O–H groups in total. The minimum atomic E-state index is 0.578. The van der Waals surface area contributed by atoms with E-state index in [9.17, 15) is 0 Å². The molecule has 21 heavy (non-hydrogen) atoms. The molecule has 0 bridgehead atoms. The second-order valence-electron chi connectivity index (χ2n) is 6.66. The molecule has 0 radical (unpaired) electrons. The smallest absolute Gasteiger partial charge is 0.152 e. The van der Waals surface area contributed by atoms with Crippen molar-refractivity contribution in [2.75, 3.05) is 11.9 Å². The maximum atomic E-state index is 4.89. The number of rotatable bonds is 6. The molecule has 0 spiro atoms. The van der Waals surface area contributed by atoms with Gasteiger partial charge in [-0.2, -0.15) is 0 Å². The number of pyridine rings is 1. The van der Waals surface area contributed by atoms with Gasteiger partial charge < -0.3 is 14.6 Å². The summed E-state index contributed by atoms with van der Waals surface area (Å²) in [7, 11) is 2.20. The first-order valence-corrected chi connectivity index (χ1v) is 8.16. The lowest BCUT2D eigenvalue weighted by Crippen LogP contribution is -2.32. The average Bonchev–Trinajstić information content (AvgIpc) is 3.40. The summed E-state index contributed by atoms with van der Waals surface area (Å²) < 4.78 is 2.24. The molecule has 112 valence electrons. The first-order valence-electron chi connectivity index (χ1n) is 8.16. The van der Waals surface area contributed by atoms with Crippen molar-refractivity contribution >= 4 is 11.5 Å². The molecule has 2 saturated carbocycles. The van der Waals surface area contributed by atoms with Crippen LogP contribution in [0.4, 0.5) is 5.82 Å². The summed E-state index contributed by atoms with van der Waals surface area (Å²) in [5.41, 5.74) is 2.35. The maximum Gasteiger partial charge on any atom is 0.152 e. The van der Waals surface area contributed by atoms with Crippen LogP contribution in [-0.4, -0.2) is 28.5 Å². The minimum Gasteiger partial charge on any atom is -0.355 e. The van der Waals surface area contributed by atoms with Crippen molar-refractivity contribution < 1.29 is 0 Å². The minimum absolute atomic E-state index is 0.578. The van der Waals surface area contributed by atoms with E-state index in [1.807, 2.05) is 0 Å². The van der Waals surface area contributed by atoms with Gasteiger partial charge in [-0.05, 0) is 50.7 Å². The highest BCUT2D eigenvalue weighted by atomic mass is 15.2. The number of anilines is 1. The Morgan fingerprint density at radius 2 is 2.14 bits per heavy atom. The van der Waals surface area contributed by atoms with Crippen molar-refractivity contribution in [3.63, 3.8) is 0 Å². The highest BCUT2D eigenvalue weighted by Crippen LogP contribution is 2.37. The molecule has 2 aliphatic rings. The standard InChI is InChI=1S/C17H24N4/c1-12(13-6-7-13)20(2)17-15(11-18-14-8-9-14)21-10-4-3-5-16(21)19-17/h3-5,10,12-14,18H,6-9,11H2,1-2H3. The second-order valence-corrected chi connectivity index (χ2v) is 6.66. The van der Waals surface area contributed by atoms with E-state index in [-0.39, 0.29) is 0 Å². The molecule has 2 fully saturated rings. The van der Waals surface area contributed by atoms with E-state index in [1.165, 1.54) is 31.4 Å². The topological polar surface area (TPSA) is 32.6 Å². The predicted molar refractivity (Wildman–Crippen MR) is 85.6 cm³/mol. The summed E-state index contributed by atoms with van der Waals surface area (Å²) in [4.78, 5) is 7.27. The lowest BCUT2D eigenvalue weighted by atomic mass is 10.2. The molecular weight excluding hydrogens is 260 g/mol. The number of fused-ring (bicyclic) bond motifs is 1. The molecule has 4 nitrogen and oxygen atoms in total. The highest BCUT2D eigenvalue weighted by molar-refractivity contribution is 5.56. The van der Waals surface area contributed by atoms with Gasteiger partial charge in [-0.15, -0.1) is 0 Å². The van der Waals surface area contributed by atoms with Gasteiger partial charge in [0, 0.05) is 31.9 Å². The van der Waals surface area contributed by atoms with Crippen LogP contribution in [0.25, 0.3) is 5.65 Å². The quantitative estimate of drug-likeness (QED) is 0.885. The van der Waals surface area contributed by atoms with Crippen LogP contribution in [0.5, 0.6) is 0 Å². The zero-order valence-electron chi connectivity index (χ0n) is 12.9. The van der Waals surface area contributed by atoms with Gasteiger partial charge >= 0.3 is 0 Å². The summed E-state index contributed by atoms with van der Waals surface area (Å²) in [6.07, 6.45) is 7.51. The van der Waals surface area contributed by atoms with Gasteiger partial charge in [0.15, 0.2) is 5.82 Å². The van der Waals surface area contributed by atoms with Crippen molar-refractivity contribution in [2.24, 2.45) is 5.92 Å². The Morgan fingerprint density at radius 3 is 2.86 bits per heavy atom. The lowest BCUT2D eigenvalue weighted by Gasteiger charge is -2.26. The molecule has 2 aromatic rings. The molecule has 2 aromatic heterocycles. The Hall–Kier alpha value is -1.55. The van der Waals surface area contributed by atoms with E-state index in [0.717, 1.165) is 30.0 Å². The van der Waals surface area contributed by atoms with Crippen molar-refractivity contribution in [3.05, 3.63) is 30.1 Å². The average molecular weight is 284 g/mol. The number of hydrogen-bond donors (Lipinski definition) is 1. The van der Waals surface area contributed by atoms with E-state index >= 15 is 0 Å². The molecule has 4 heteroatoms. The third-order valence-electron chi connectivity index (χ3n) is 4.99. The van der Waals surface area contributed by atoms with Gasteiger partial charge in [-0.25, -0.2) is 4.98 Å².